The number of hydrogen-bond acceptors (Lipinski definition) is 2. The van der Waals surface area contributed by atoms with E-state index in [1.54, 1.807) is 0 Å². The van der Waals surface area contributed by atoms with Crippen LogP contribution in [-0.2, 0) is 0 Å². The molecule has 0 aliphatic carbocycles. The van der Waals surface area contributed by atoms with E-state index >= 15 is 0 Å². The van der Waals surface area contributed by atoms with Crippen molar-refractivity contribution in [2.24, 2.45) is 0 Å². The van der Waals surface area contributed by atoms with Crippen LogP contribution in [0.1, 0.15) is 15.9 Å². The Morgan fingerprint density at radius 3 is 3.00 bits per heavy atom. The molecule has 1 aromatic carbocycles. The van der Waals surface area contributed by atoms with Gasteiger partial charge in [0.05, 0.1) is 11.6 Å². The molecule has 3 nitrogen and oxygen atoms in total. The van der Waals surface area contributed by atoms with E-state index in [0.29, 0.717) is 5.56 Å². The highest BCUT2D eigenvalue weighted by Gasteiger charge is 2.08. The van der Waals surface area contributed by atoms with Crippen molar-refractivity contribution in [3.63, 3.8) is 0 Å². The lowest BCUT2D eigenvalue weighted by Gasteiger charge is -2.04. The lowest BCUT2D eigenvalue weighted by atomic mass is 10.1. The third-order valence-corrected chi connectivity index (χ3v) is 2.64. The minimum absolute atomic E-state index is 0.0445. The predicted octanol–water partition coefficient (Wildman–Crippen LogP) is 1.85. The number of amides is 1. The summed E-state index contributed by atoms with van der Waals surface area (Å²) < 4.78 is 0.892. The first-order valence-corrected chi connectivity index (χ1v) is 5.14. The molecule has 0 spiro atoms. The number of aryl methyl sites for hydroxylation is 1. The van der Waals surface area contributed by atoms with Crippen LogP contribution < -0.4 is 5.32 Å². The van der Waals surface area contributed by atoms with Crippen LogP contribution >= 0.6 is 22.6 Å². The normalized spacial score (nSPS) is 9.21. The molecule has 0 saturated carbocycles. The van der Waals surface area contributed by atoms with E-state index in [2.05, 4.69) is 27.9 Å². The van der Waals surface area contributed by atoms with Crippen molar-refractivity contribution in [3.05, 3.63) is 32.9 Å². The van der Waals surface area contributed by atoms with Crippen LogP contribution in [-0.4, -0.2) is 12.5 Å². The zero-order valence-electron chi connectivity index (χ0n) is 7.67. The minimum Gasteiger partial charge on any atom is -0.339 e. The molecule has 1 N–H and O–H groups in total. The molecule has 0 bridgehead atoms. The van der Waals surface area contributed by atoms with Gasteiger partial charge < -0.3 is 5.32 Å². The molecule has 0 aromatic heterocycles. The number of nitriles is 1. The van der Waals surface area contributed by atoms with Gasteiger partial charge in [-0.05, 0) is 41.6 Å². The fourth-order valence-electron chi connectivity index (χ4n) is 1.03. The number of hydrogen-bond donors (Lipinski definition) is 1. The van der Waals surface area contributed by atoms with Crippen LogP contribution in [0.5, 0.6) is 0 Å². The smallest absolute Gasteiger partial charge is 0.253 e. The van der Waals surface area contributed by atoms with Gasteiger partial charge in [0.25, 0.3) is 5.91 Å². The van der Waals surface area contributed by atoms with Gasteiger partial charge in [-0.1, -0.05) is 11.6 Å². The molecule has 14 heavy (non-hydrogen) atoms. The van der Waals surface area contributed by atoms with Crippen molar-refractivity contribution in [1.29, 1.82) is 5.26 Å². The Bertz CT molecular complexity index is 396. The lowest BCUT2D eigenvalue weighted by Crippen LogP contribution is -2.24. The molecule has 1 rings (SSSR count). The van der Waals surface area contributed by atoms with Crippen molar-refractivity contribution in [2.45, 2.75) is 6.92 Å². The number of halogens is 1. The molecule has 0 unspecified atom stereocenters. The molecule has 0 aliphatic heterocycles. The summed E-state index contributed by atoms with van der Waals surface area (Å²) in [7, 11) is 0. The summed E-state index contributed by atoms with van der Waals surface area (Å²) in [5.41, 5.74) is 1.66. The van der Waals surface area contributed by atoms with Gasteiger partial charge in [-0.15, -0.1) is 0 Å². The Kier molecular flexibility index (Phi) is 3.89. The third-order valence-electron chi connectivity index (χ3n) is 1.69. The van der Waals surface area contributed by atoms with E-state index in [-0.39, 0.29) is 12.5 Å². The Balaban J connectivity index is 2.90. The topological polar surface area (TPSA) is 52.9 Å². The maximum absolute atomic E-state index is 11.5. The van der Waals surface area contributed by atoms with Crippen LogP contribution in [0, 0.1) is 21.8 Å². The fourth-order valence-corrected chi connectivity index (χ4v) is 1.61. The molecule has 0 aliphatic rings. The van der Waals surface area contributed by atoms with Gasteiger partial charge in [-0.25, -0.2) is 0 Å². The zero-order chi connectivity index (χ0) is 10.6. The highest BCUT2D eigenvalue weighted by Crippen LogP contribution is 2.13. The Labute approximate surface area is 96.3 Å². The zero-order valence-corrected chi connectivity index (χ0v) is 9.83. The highest BCUT2D eigenvalue weighted by molar-refractivity contribution is 14.1. The van der Waals surface area contributed by atoms with E-state index in [9.17, 15) is 4.79 Å². The standard InChI is InChI=1S/C10H9IN2O/c1-7-2-3-9(11)8(6-7)10(14)13-5-4-12/h2-3,6H,5H2,1H3,(H,13,14). The fraction of sp³-hybridized carbons (Fsp3) is 0.200. The first-order chi connectivity index (χ1) is 6.65. The minimum atomic E-state index is -0.195. The quantitative estimate of drug-likeness (QED) is 0.669. The SMILES string of the molecule is Cc1ccc(I)c(C(=O)NCC#N)c1. The number of benzene rings is 1. The average Bonchev–Trinajstić information content (AvgIpc) is 2.18. The van der Waals surface area contributed by atoms with Gasteiger partial charge in [0, 0.05) is 3.57 Å². The van der Waals surface area contributed by atoms with E-state index < -0.39 is 0 Å². The molecule has 0 radical (unpaired) electrons. The number of nitrogens with zero attached hydrogens (tertiary/aromatic N) is 1. The summed E-state index contributed by atoms with van der Waals surface area (Å²) >= 11 is 2.10. The highest BCUT2D eigenvalue weighted by atomic mass is 127. The Morgan fingerprint density at radius 1 is 1.64 bits per heavy atom. The van der Waals surface area contributed by atoms with Crippen LogP contribution in [0.3, 0.4) is 0 Å². The summed E-state index contributed by atoms with van der Waals surface area (Å²) in [5.74, 6) is -0.195. The molecule has 0 saturated heterocycles. The molecule has 1 aromatic rings. The molecular weight excluding hydrogens is 291 g/mol. The van der Waals surface area contributed by atoms with Crippen molar-refractivity contribution in [1.82, 2.24) is 5.32 Å². The Morgan fingerprint density at radius 2 is 2.36 bits per heavy atom. The molecule has 1 amide bonds. The van der Waals surface area contributed by atoms with Gasteiger partial charge >= 0.3 is 0 Å². The Hall–Kier alpha value is -1.09. The van der Waals surface area contributed by atoms with Crippen molar-refractivity contribution in [3.8, 4) is 6.07 Å². The monoisotopic (exact) mass is 300 g/mol. The molecular formula is C10H9IN2O. The van der Waals surface area contributed by atoms with E-state index in [1.165, 1.54) is 0 Å². The van der Waals surface area contributed by atoms with Gasteiger partial charge in [-0.3, -0.25) is 4.79 Å². The van der Waals surface area contributed by atoms with Crippen molar-refractivity contribution < 1.29 is 4.79 Å². The lowest BCUT2D eigenvalue weighted by molar-refractivity contribution is 0.0957. The van der Waals surface area contributed by atoms with Crippen LogP contribution in [0.2, 0.25) is 0 Å². The van der Waals surface area contributed by atoms with Gasteiger partial charge in [-0.2, -0.15) is 5.26 Å². The molecule has 4 heteroatoms. The molecule has 0 heterocycles. The first-order valence-electron chi connectivity index (χ1n) is 4.06. The number of carbonyl (C=O) groups is 1. The van der Waals surface area contributed by atoms with E-state index in [0.717, 1.165) is 9.13 Å². The first kappa shape index (κ1) is 11.0. The summed E-state index contributed by atoms with van der Waals surface area (Å²) in [6.45, 7) is 1.97. The van der Waals surface area contributed by atoms with Crippen molar-refractivity contribution >= 4 is 28.5 Å². The molecule has 0 fully saturated rings. The maximum Gasteiger partial charge on any atom is 0.253 e. The second kappa shape index (κ2) is 4.96. The van der Waals surface area contributed by atoms with Gasteiger partial charge in [0.2, 0.25) is 0 Å². The average molecular weight is 300 g/mol. The van der Waals surface area contributed by atoms with Crippen LogP contribution in [0.15, 0.2) is 18.2 Å². The van der Waals surface area contributed by atoms with Gasteiger partial charge in [0.1, 0.15) is 6.54 Å². The summed E-state index contributed by atoms with van der Waals surface area (Å²) in [4.78, 5) is 11.5. The van der Waals surface area contributed by atoms with E-state index in [1.807, 2.05) is 31.2 Å². The van der Waals surface area contributed by atoms with Gasteiger partial charge in [0.15, 0.2) is 0 Å². The summed E-state index contributed by atoms with van der Waals surface area (Å²) in [6, 6.07) is 7.52. The molecule has 72 valence electrons. The van der Waals surface area contributed by atoms with Crippen molar-refractivity contribution in [2.75, 3.05) is 6.54 Å². The molecule has 0 atom stereocenters. The maximum atomic E-state index is 11.5. The number of rotatable bonds is 2. The van der Waals surface area contributed by atoms with Crippen LogP contribution in [0.4, 0.5) is 0 Å². The van der Waals surface area contributed by atoms with Crippen LogP contribution in [0.25, 0.3) is 0 Å². The number of nitrogens with one attached hydrogen (secondary N) is 1. The number of carbonyl (C=O) groups excluding carboxylic acids is 1. The largest absolute Gasteiger partial charge is 0.339 e. The summed E-state index contributed by atoms with van der Waals surface area (Å²) in [6.07, 6.45) is 0. The summed E-state index contributed by atoms with van der Waals surface area (Å²) in [5, 5.41) is 10.8. The third kappa shape index (κ3) is 2.70. The predicted molar refractivity (Wildman–Crippen MR) is 61.8 cm³/mol. The second-order valence-electron chi connectivity index (χ2n) is 2.82. The second-order valence-corrected chi connectivity index (χ2v) is 3.99. The van der Waals surface area contributed by atoms with E-state index in [4.69, 9.17) is 5.26 Å².